The first-order valence-electron chi connectivity index (χ1n) is 9.69. The normalized spacial score (nSPS) is 17.8. The summed E-state index contributed by atoms with van der Waals surface area (Å²) in [6.45, 7) is 3.90. The Hall–Kier alpha value is -2.54. The summed E-state index contributed by atoms with van der Waals surface area (Å²) in [7, 11) is 1.26. The van der Waals surface area contributed by atoms with Crippen LogP contribution in [0.2, 0.25) is 0 Å². The van der Waals surface area contributed by atoms with Gasteiger partial charge >= 0.3 is 5.97 Å². The van der Waals surface area contributed by atoms with Gasteiger partial charge in [0, 0.05) is 24.7 Å². The summed E-state index contributed by atoms with van der Waals surface area (Å²) in [5, 5.41) is 9.98. The second-order valence-corrected chi connectivity index (χ2v) is 7.10. The Morgan fingerprint density at radius 2 is 2.07 bits per heavy atom. The molecule has 7 heteroatoms. The molecule has 0 radical (unpaired) electrons. The number of aliphatic hydroxyl groups excluding tert-OH is 1. The van der Waals surface area contributed by atoms with Crippen molar-refractivity contribution in [2.24, 2.45) is 5.92 Å². The Morgan fingerprint density at radius 3 is 2.75 bits per heavy atom. The molecule has 1 aromatic rings. The van der Waals surface area contributed by atoms with Crippen molar-refractivity contribution in [3.05, 3.63) is 29.3 Å². The van der Waals surface area contributed by atoms with Gasteiger partial charge in [-0.3, -0.25) is 4.79 Å². The van der Waals surface area contributed by atoms with Crippen molar-refractivity contribution in [1.29, 1.82) is 0 Å². The average molecular weight is 389 g/mol. The van der Waals surface area contributed by atoms with Crippen molar-refractivity contribution < 1.29 is 28.9 Å². The summed E-state index contributed by atoms with van der Waals surface area (Å²) in [6.07, 6.45) is 2.79. The summed E-state index contributed by atoms with van der Waals surface area (Å²) in [5.74, 6) is 0.602. The van der Waals surface area contributed by atoms with Crippen LogP contribution in [0, 0.1) is 5.92 Å². The van der Waals surface area contributed by atoms with E-state index in [9.17, 15) is 14.7 Å². The third kappa shape index (κ3) is 4.47. The molecule has 0 unspecified atom stereocenters. The minimum absolute atomic E-state index is 0.0667. The lowest BCUT2D eigenvalue weighted by molar-refractivity contribution is -0.154. The number of carbonyl (C=O) groups is 2. The maximum atomic E-state index is 12.8. The van der Waals surface area contributed by atoms with Crippen LogP contribution in [0.15, 0.2) is 23.8 Å². The maximum absolute atomic E-state index is 12.8. The number of likely N-dealkylation sites (tertiary alicyclic amines) is 1. The predicted molar refractivity (Wildman–Crippen MR) is 103 cm³/mol. The topological polar surface area (TPSA) is 85.3 Å². The van der Waals surface area contributed by atoms with E-state index in [0.29, 0.717) is 43.9 Å². The van der Waals surface area contributed by atoms with Crippen LogP contribution in [-0.4, -0.2) is 61.4 Å². The van der Waals surface area contributed by atoms with Gasteiger partial charge in [0.05, 0.1) is 19.3 Å². The molecule has 0 bridgehead atoms. The number of hydrogen-bond acceptors (Lipinski definition) is 6. The van der Waals surface area contributed by atoms with Gasteiger partial charge in [-0.1, -0.05) is 6.92 Å². The third-order valence-electron chi connectivity index (χ3n) is 5.16. The Bertz CT molecular complexity index is 751. The fourth-order valence-electron chi connectivity index (χ4n) is 3.51. The summed E-state index contributed by atoms with van der Waals surface area (Å²) in [5.41, 5.74) is 1.45. The van der Waals surface area contributed by atoms with E-state index in [0.717, 1.165) is 17.7 Å². The molecule has 3 rings (SSSR count). The van der Waals surface area contributed by atoms with Crippen LogP contribution < -0.4 is 9.47 Å². The zero-order valence-electron chi connectivity index (χ0n) is 16.3. The number of ether oxygens (including phenoxy) is 3. The van der Waals surface area contributed by atoms with Crippen LogP contribution in [0.1, 0.15) is 31.7 Å². The Kier molecular flexibility index (Phi) is 6.57. The molecule has 0 aromatic heterocycles. The van der Waals surface area contributed by atoms with Gasteiger partial charge in [-0.15, -0.1) is 0 Å². The van der Waals surface area contributed by atoms with Crippen LogP contribution in [0.4, 0.5) is 0 Å². The van der Waals surface area contributed by atoms with Crippen molar-refractivity contribution in [3.8, 4) is 11.5 Å². The highest BCUT2D eigenvalue weighted by atomic mass is 16.5. The molecule has 1 aromatic carbocycles. The number of fused-ring (bicyclic) bond motifs is 1. The summed E-state index contributed by atoms with van der Waals surface area (Å²) < 4.78 is 16.0. The quantitative estimate of drug-likeness (QED) is 0.750. The summed E-state index contributed by atoms with van der Waals surface area (Å²) in [4.78, 5) is 26.1. The highest BCUT2D eigenvalue weighted by Gasteiger charge is 2.33. The van der Waals surface area contributed by atoms with Crippen molar-refractivity contribution in [3.63, 3.8) is 0 Å². The van der Waals surface area contributed by atoms with Crippen LogP contribution in [0.5, 0.6) is 11.5 Å². The lowest BCUT2D eigenvalue weighted by atomic mass is 9.91. The maximum Gasteiger partial charge on any atom is 0.334 e. The number of rotatable bonds is 6. The van der Waals surface area contributed by atoms with Crippen LogP contribution in [0.3, 0.4) is 0 Å². The Balaban J connectivity index is 1.61. The fourth-order valence-corrected chi connectivity index (χ4v) is 3.51. The molecule has 0 spiro atoms. The molecule has 2 heterocycles. The molecule has 2 aliphatic heterocycles. The zero-order chi connectivity index (χ0) is 20.1. The molecule has 1 N–H and O–H groups in total. The first kappa shape index (κ1) is 20.2. The van der Waals surface area contributed by atoms with E-state index in [1.165, 1.54) is 7.11 Å². The lowest BCUT2D eigenvalue weighted by Gasteiger charge is -2.34. The number of carbonyl (C=O) groups excluding carboxylic acids is 2. The average Bonchev–Trinajstić information content (AvgIpc) is 2.75. The van der Waals surface area contributed by atoms with Crippen LogP contribution >= 0.6 is 0 Å². The van der Waals surface area contributed by atoms with Crippen LogP contribution in [0.25, 0.3) is 6.08 Å². The van der Waals surface area contributed by atoms with E-state index in [4.69, 9.17) is 9.47 Å². The van der Waals surface area contributed by atoms with Gasteiger partial charge in [0.25, 0.3) is 5.91 Å². The first-order valence-corrected chi connectivity index (χ1v) is 9.69. The van der Waals surface area contributed by atoms with E-state index < -0.39 is 12.1 Å². The number of methoxy groups -OCH3 is 1. The standard InChI is InChI=1S/C21H27NO6/c1-3-10-27-17-5-4-15-11-16(13-28-18(15)12-17)20(24)22-8-6-14(7-9-22)19(23)21(25)26-2/h4-5,11-12,14,19,23H,3,6-10,13H2,1-2H3/t19-/m0/s1. The number of esters is 1. The molecule has 152 valence electrons. The van der Waals surface area contributed by atoms with Crippen molar-refractivity contribution >= 4 is 18.0 Å². The van der Waals surface area contributed by atoms with Gasteiger partial charge in [-0.25, -0.2) is 4.79 Å². The molecule has 2 aliphatic rings. The molecule has 1 amide bonds. The largest absolute Gasteiger partial charge is 0.493 e. The predicted octanol–water partition coefficient (Wildman–Crippen LogP) is 2.02. The van der Waals surface area contributed by atoms with E-state index in [2.05, 4.69) is 11.7 Å². The van der Waals surface area contributed by atoms with Gasteiger partial charge in [0.2, 0.25) is 0 Å². The van der Waals surface area contributed by atoms with E-state index in [1.54, 1.807) is 4.90 Å². The molecule has 1 saturated heterocycles. The van der Waals surface area contributed by atoms with Gasteiger partial charge in [0.15, 0.2) is 6.10 Å². The SMILES string of the molecule is CCCOc1ccc2c(c1)OCC(C(=O)N1CCC([C@H](O)C(=O)OC)CC1)=C2. The molecule has 1 fully saturated rings. The Labute approximate surface area is 164 Å². The van der Waals surface area contributed by atoms with E-state index >= 15 is 0 Å². The first-order chi connectivity index (χ1) is 13.5. The number of nitrogens with zero attached hydrogens (tertiary/aromatic N) is 1. The van der Waals surface area contributed by atoms with Crippen molar-refractivity contribution in [2.75, 3.05) is 33.4 Å². The molecule has 7 nitrogen and oxygen atoms in total. The number of piperidine rings is 1. The Morgan fingerprint density at radius 1 is 1.32 bits per heavy atom. The zero-order valence-corrected chi connectivity index (χ0v) is 16.3. The molecular formula is C21H27NO6. The van der Waals surface area contributed by atoms with Gasteiger partial charge in [0.1, 0.15) is 18.1 Å². The third-order valence-corrected chi connectivity index (χ3v) is 5.16. The van der Waals surface area contributed by atoms with Gasteiger partial charge < -0.3 is 24.2 Å². The smallest absolute Gasteiger partial charge is 0.334 e. The van der Waals surface area contributed by atoms with Crippen molar-refractivity contribution in [1.82, 2.24) is 4.90 Å². The molecule has 1 atom stereocenters. The number of benzene rings is 1. The fraction of sp³-hybridized carbons (Fsp3) is 0.524. The second kappa shape index (κ2) is 9.10. The van der Waals surface area contributed by atoms with Crippen LogP contribution in [-0.2, 0) is 14.3 Å². The molecule has 0 saturated carbocycles. The van der Waals surface area contributed by atoms with E-state index in [-0.39, 0.29) is 18.4 Å². The number of amides is 1. The minimum atomic E-state index is -1.13. The summed E-state index contributed by atoms with van der Waals surface area (Å²) >= 11 is 0. The molecule has 28 heavy (non-hydrogen) atoms. The minimum Gasteiger partial charge on any atom is -0.493 e. The molecule has 0 aliphatic carbocycles. The monoisotopic (exact) mass is 389 g/mol. The highest BCUT2D eigenvalue weighted by molar-refractivity contribution is 5.99. The molecular weight excluding hydrogens is 362 g/mol. The van der Waals surface area contributed by atoms with Crippen molar-refractivity contribution in [2.45, 2.75) is 32.3 Å². The summed E-state index contributed by atoms with van der Waals surface area (Å²) in [6, 6.07) is 5.62. The highest BCUT2D eigenvalue weighted by Crippen LogP contribution is 2.31. The lowest BCUT2D eigenvalue weighted by Crippen LogP contribution is -2.44. The number of aliphatic hydroxyl groups is 1. The van der Waals surface area contributed by atoms with Gasteiger partial charge in [-0.05, 0) is 43.4 Å². The van der Waals surface area contributed by atoms with E-state index in [1.807, 2.05) is 24.3 Å². The van der Waals surface area contributed by atoms with Gasteiger partial charge in [-0.2, -0.15) is 0 Å². The number of hydrogen-bond donors (Lipinski definition) is 1. The second-order valence-electron chi connectivity index (χ2n) is 7.10.